The van der Waals surface area contributed by atoms with Gasteiger partial charge in [0, 0.05) is 6.42 Å². The predicted octanol–water partition coefficient (Wildman–Crippen LogP) is 3.97. The quantitative estimate of drug-likeness (QED) is 0.329. The third-order valence-corrected chi connectivity index (χ3v) is 5.12. The van der Waals surface area contributed by atoms with E-state index in [0.717, 1.165) is 11.1 Å². The maximum Gasteiger partial charge on any atom is 0.408 e. The Labute approximate surface area is 203 Å². The molecule has 0 fully saturated rings. The number of rotatable bonds is 11. The number of Topliss-reactive ketones (excluding diaryl/α,β-unsaturated/α-hetero) is 1. The van der Waals surface area contributed by atoms with Crippen LogP contribution >= 0.6 is 0 Å². The van der Waals surface area contributed by atoms with Crippen molar-refractivity contribution in [2.45, 2.75) is 19.1 Å². The van der Waals surface area contributed by atoms with E-state index in [2.05, 4.69) is 5.32 Å². The second kappa shape index (κ2) is 12.8. The number of alkyl carbamates (subject to hydrolysis) is 1. The van der Waals surface area contributed by atoms with Crippen LogP contribution in [0.4, 0.5) is 4.79 Å². The van der Waals surface area contributed by atoms with Crippen LogP contribution in [0.3, 0.4) is 0 Å². The fourth-order valence-corrected chi connectivity index (χ4v) is 3.30. The number of benzene rings is 3. The van der Waals surface area contributed by atoms with Crippen molar-refractivity contribution in [3.8, 4) is 11.5 Å². The smallest absolute Gasteiger partial charge is 0.408 e. The maximum absolute atomic E-state index is 12.9. The Kier molecular flexibility index (Phi) is 9.24. The molecule has 0 aliphatic carbocycles. The number of hydrogen-bond acceptors (Lipinski definition) is 7. The molecule has 35 heavy (non-hydrogen) atoms. The van der Waals surface area contributed by atoms with Gasteiger partial charge in [-0.2, -0.15) is 0 Å². The number of methoxy groups -OCH3 is 2. The lowest BCUT2D eigenvalue weighted by atomic mass is 10.1. The molecule has 0 aliphatic heterocycles. The lowest BCUT2D eigenvalue weighted by Gasteiger charge is -2.18. The van der Waals surface area contributed by atoms with Crippen molar-refractivity contribution in [3.05, 3.63) is 95.6 Å². The first-order chi connectivity index (χ1) is 17.0. The highest BCUT2D eigenvalue weighted by atomic mass is 16.6. The van der Waals surface area contributed by atoms with Crippen LogP contribution in [0, 0.1) is 0 Å². The molecule has 3 aromatic rings. The maximum atomic E-state index is 12.9. The molecule has 0 bridgehead atoms. The van der Waals surface area contributed by atoms with Crippen LogP contribution in [0.5, 0.6) is 11.5 Å². The molecule has 0 spiro atoms. The standard InChI is InChI=1S/C27H27NO7/c1-32-21-13-14-25(33-2)22(16-21)24(29)18-34-26(30)23(15-19-9-5-3-6-10-19)28-27(31)35-17-20-11-7-4-8-12-20/h3-14,16,23H,15,17-18H2,1-2H3,(H,28,31). The monoisotopic (exact) mass is 477 g/mol. The molecule has 1 unspecified atom stereocenters. The average molecular weight is 478 g/mol. The van der Waals surface area contributed by atoms with Gasteiger partial charge in [0.1, 0.15) is 24.1 Å². The summed E-state index contributed by atoms with van der Waals surface area (Å²) >= 11 is 0. The van der Waals surface area contributed by atoms with Gasteiger partial charge in [-0.15, -0.1) is 0 Å². The first-order valence-corrected chi connectivity index (χ1v) is 10.9. The van der Waals surface area contributed by atoms with Crippen molar-refractivity contribution in [2.24, 2.45) is 0 Å². The van der Waals surface area contributed by atoms with Crippen molar-refractivity contribution >= 4 is 17.8 Å². The van der Waals surface area contributed by atoms with Gasteiger partial charge < -0.3 is 24.3 Å². The fraction of sp³-hybridized carbons (Fsp3) is 0.222. The first kappa shape index (κ1) is 25.3. The van der Waals surface area contributed by atoms with E-state index in [1.54, 1.807) is 12.1 Å². The van der Waals surface area contributed by atoms with Gasteiger partial charge >= 0.3 is 12.1 Å². The third-order valence-electron chi connectivity index (χ3n) is 5.12. The highest BCUT2D eigenvalue weighted by Crippen LogP contribution is 2.24. The summed E-state index contributed by atoms with van der Waals surface area (Å²) in [4.78, 5) is 38.0. The number of hydrogen-bond donors (Lipinski definition) is 1. The number of carbonyl (C=O) groups excluding carboxylic acids is 3. The normalized spacial score (nSPS) is 11.1. The molecule has 0 aliphatic rings. The van der Waals surface area contributed by atoms with E-state index in [1.165, 1.54) is 20.3 Å². The molecule has 1 atom stereocenters. The van der Waals surface area contributed by atoms with Crippen LogP contribution in [0.2, 0.25) is 0 Å². The number of esters is 1. The highest BCUT2D eigenvalue weighted by Gasteiger charge is 2.25. The van der Waals surface area contributed by atoms with Gasteiger partial charge in [-0.3, -0.25) is 4.79 Å². The second-order valence-electron chi connectivity index (χ2n) is 7.55. The predicted molar refractivity (Wildman–Crippen MR) is 129 cm³/mol. The number of carbonyl (C=O) groups is 3. The van der Waals surface area contributed by atoms with E-state index in [9.17, 15) is 14.4 Å². The van der Waals surface area contributed by atoms with Gasteiger partial charge in [0.15, 0.2) is 6.61 Å². The van der Waals surface area contributed by atoms with Crippen LogP contribution in [-0.4, -0.2) is 44.7 Å². The van der Waals surface area contributed by atoms with Gasteiger partial charge in [-0.05, 0) is 29.3 Å². The van der Waals surface area contributed by atoms with Crippen LogP contribution in [0.15, 0.2) is 78.9 Å². The van der Waals surface area contributed by atoms with Crippen molar-refractivity contribution in [3.63, 3.8) is 0 Å². The molecule has 1 N–H and O–H groups in total. The molecule has 0 aromatic heterocycles. The summed E-state index contributed by atoms with van der Waals surface area (Å²) in [7, 11) is 2.91. The molecule has 0 saturated heterocycles. The summed E-state index contributed by atoms with van der Waals surface area (Å²) in [6.07, 6.45) is -0.607. The first-order valence-electron chi connectivity index (χ1n) is 10.9. The van der Waals surface area contributed by atoms with Crippen molar-refractivity contribution < 1.29 is 33.3 Å². The molecule has 0 heterocycles. The minimum absolute atomic E-state index is 0.0495. The number of ether oxygens (including phenoxy) is 4. The Balaban J connectivity index is 1.65. The summed E-state index contributed by atoms with van der Waals surface area (Å²) in [5, 5.41) is 2.55. The molecule has 3 aromatic carbocycles. The molecule has 182 valence electrons. The Morgan fingerprint density at radius 2 is 1.46 bits per heavy atom. The Hall–Kier alpha value is -4.33. The highest BCUT2D eigenvalue weighted by molar-refractivity contribution is 6.01. The number of ketones is 1. The Morgan fingerprint density at radius 1 is 0.800 bits per heavy atom. The number of amides is 1. The molecular formula is C27H27NO7. The second-order valence-corrected chi connectivity index (χ2v) is 7.55. The lowest BCUT2D eigenvalue weighted by molar-refractivity contribution is -0.144. The third kappa shape index (κ3) is 7.60. The molecular weight excluding hydrogens is 450 g/mol. The van der Waals surface area contributed by atoms with Gasteiger partial charge in [0.25, 0.3) is 0 Å². The van der Waals surface area contributed by atoms with Gasteiger partial charge in [0.05, 0.1) is 19.8 Å². The Morgan fingerprint density at radius 3 is 2.09 bits per heavy atom. The Bertz CT molecular complexity index is 1130. The topological polar surface area (TPSA) is 100 Å². The van der Waals surface area contributed by atoms with Crippen LogP contribution in [0.25, 0.3) is 0 Å². The largest absolute Gasteiger partial charge is 0.497 e. The molecule has 8 nitrogen and oxygen atoms in total. The van der Waals surface area contributed by atoms with E-state index < -0.39 is 30.5 Å². The summed E-state index contributed by atoms with van der Waals surface area (Å²) < 4.78 is 20.9. The zero-order valence-corrected chi connectivity index (χ0v) is 19.6. The molecule has 8 heteroatoms. The molecule has 0 radical (unpaired) electrons. The zero-order chi connectivity index (χ0) is 25.0. The number of nitrogens with one attached hydrogen (secondary N) is 1. The van der Waals surface area contributed by atoms with Crippen molar-refractivity contribution in [1.82, 2.24) is 5.32 Å². The van der Waals surface area contributed by atoms with Gasteiger partial charge in [0.2, 0.25) is 5.78 Å². The minimum Gasteiger partial charge on any atom is -0.497 e. The van der Waals surface area contributed by atoms with Crippen molar-refractivity contribution in [1.29, 1.82) is 0 Å². The summed E-state index contributed by atoms with van der Waals surface area (Å²) in [5.41, 5.74) is 1.83. The van der Waals surface area contributed by atoms with Gasteiger partial charge in [-0.1, -0.05) is 60.7 Å². The van der Waals surface area contributed by atoms with Crippen LogP contribution in [-0.2, 0) is 27.3 Å². The van der Waals surface area contributed by atoms with E-state index in [1.807, 2.05) is 60.7 Å². The van der Waals surface area contributed by atoms with Crippen LogP contribution < -0.4 is 14.8 Å². The summed E-state index contributed by atoms with van der Waals surface area (Å²) in [5.74, 6) is -0.444. The lowest BCUT2D eigenvalue weighted by Crippen LogP contribution is -2.44. The van der Waals surface area contributed by atoms with E-state index >= 15 is 0 Å². The van der Waals surface area contributed by atoms with Gasteiger partial charge in [-0.25, -0.2) is 9.59 Å². The van der Waals surface area contributed by atoms with E-state index in [-0.39, 0.29) is 18.6 Å². The van der Waals surface area contributed by atoms with Crippen LogP contribution in [0.1, 0.15) is 21.5 Å². The molecule has 0 saturated carbocycles. The average Bonchev–Trinajstić information content (AvgIpc) is 2.90. The van der Waals surface area contributed by atoms with E-state index in [4.69, 9.17) is 18.9 Å². The minimum atomic E-state index is -1.05. The summed E-state index contributed by atoms with van der Waals surface area (Å²) in [6.45, 7) is -0.484. The molecule has 3 rings (SSSR count). The fourth-order valence-electron chi connectivity index (χ4n) is 3.30. The molecule has 1 amide bonds. The summed E-state index contributed by atoms with van der Waals surface area (Å²) in [6, 6.07) is 22.0. The van der Waals surface area contributed by atoms with E-state index in [0.29, 0.717) is 11.5 Å². The SMILES string of the molecule is COc1ccc(OC)c(C(=O)COC(=O)C(Cc2ccccc2)NC(=O)OCc2ccccc2)c1. The van der Waals surface area contributed by atoms with Crippen molar-refractivity contribution in [2.75, 3.05) is 20.8 Å². The zero-order valence-electron chi connectivity index (χ0n) is 19.6.